The highest BCUT2D eigenvalue weighted by molar-refractivity contribution is 5.83. The van der Waals surface area contributed by atoms with Gasteiger partial charge in [0.15, 0.2) is 0 Å². The first-order valence-electron chi connectivity index (χ1n) is 10.1. The maximum absolute atomic E-state index is 13.2. The van der Waals surface area contributed by atoms with Gasteiger partial charge in [0, 0.05) is 38.6 Å². The standard InChI is InChI=1S/C21H27N3O2/c25-20-7-3-6-19-17-8-14(12-24(19)20)11-23(13-17)21(26)18-9-15-4-1-2-5-16(15)10-22-18/h1-2,4-5,14,17-19,22H,3,6-13H2/t14-,17+,18+,19-/m0/s1. The van der Waals surface area contributed by atoms with Gasteiger partial charge in [0.1, 0.15) is 0 Å². The van der Waals surface area contributed by atoms with Crippen molar-refractivity contribution in [3.8, 4) is 0 Å². The van der Waals surface area contributed by atoms with Crippen LogP contribution < -0.4 is 5.32 Å². The minimum Gasteiger partial charge on any atom is -0.341 e. The highest BCUT2D eigenvalue weighted by atomic mass is 16.2. The van der Waals surface area contributed by atoms with Gasteiger partial charge in [-0.2, -0.15) is 0 Å². The molecule has 4 atom stereocenters. The molecule has 0 aromatic heterocycles. The average molecular weight is 353 g/mol. The van der Waals surface area contributed by atoms with Crippen LogP contribution in [0.1, 0.15) is 36.8 Å². The molecule has 3 saturated heterocycles. The lowest BCUT2D eigenvalue weighted by molar-refractivity contribution is -0.149. The van der Waals surface area contributed by atoms with Crippen molar-refractivity contribution in [2.45, 2.75) is 50.7 Å². The number of fused-ring (bicyclic) bond motifs is 5. The van der Waals surface area contributed by atoms with Gasteiger partial charge in [0.2, 0.25) is 11.8 Å². The summed E-state index contributed by atoms with van der Waals surface area (Å²) in [5.74, 6) is 1.50. The Hall–Kier alpha value is -1.88. The zero-order valence-corrected chi connectivity index (χ0v) is 15.2. The summed E-state index contributed by atoms with van der Waals surface area (Å²) in [6, 6.07) is 8.67. The van der Waals surface area contributed by atoms with Crippen LogP contribution in [-0.4, -0.2) is 53.3 Å². The molecule has 1 aromatic rings. The molecule has 26 heavy (non-hydrogen) atoms. The number of rotatable bonds is 1. The third kappa shape index (κ3) is 2.73. The van der Waals surface area contributed by atoms with E-state index in [0.29, 0.717) is 30.2 Å². The Kier molecular flexibility index (Phi) is 4.00. The highest BCUT2D eigenvalue weighted by Crippen LogP contribution is 2.38. The quantitative estimate of drug-likeness (QED) is 0.834. The number of piperidine rings is 3. The van der Waals surface area contributed by atoms with Gasteiger partial charge in [-0.05, 0) is 48.6 Å². The van der Waals surface area contributed by atoms with Crippen LogP contribution in [0.2, 0.25) is 0 Å². The molecule has 5 nitrogen and oxygen atoms in total. The van der Waals surface area contributed by atoms with Gasteiger partial charge in [0.25, 0.3) is 0 Å². The smallest absolute Gasteiger partial charge is 0.240 e. The third-order valence-electron chi connectivity index (χ3n) is 6.87. The largest absolute Gasteiger partial charge is 0.341 e. The SMILES string of the molecule is O=C([C@H]1Cc2ccccc2CN1)N1C[C@@H]2C[C@H](C1)[C@@H]1CCCC(=O)N1C2. The van der Waals surface area contributed by atoms with E-state index in [4.69, 9.17) is 0 Å². The monoisotopic (exact) mass is 353 g/mol. The summed E-state index contributed by atoms with van der Waals surface area (Å²) >= 11 is 0. The predicted octanol–water partition coefficient (Wildman–Crippen LogP) is 1.56. The van der Waals surface area contributed by atoms with Crippen molar-refractivity contribution >= 4 is 11.8 Å². The molecule has 0 radical (unpaired) electrons. The maximum Gasteiger partial charge on any atom is 0.240 e. The van der Waals surface area contributed by atoms with Gasteiger partial charge >= 0.3 is 0 Å². The number of likely N-dealkylation sites (tertiary alicyclic amines) is 1. The third-order valence-corrected chi connectivity index (χ3v) is 6.87. The highest BCUT2D eigenvalue weighted by Gasteiger charge is 2.45. The fourth-order valence-corrected chi connectivity index (χ4v) is 5.64. The minimum atomic E-state index is -0.104. The Labute approximate surface area is 154 Å². The first kappa shape index (κ1) is 16.3. The topological polar surface area (TPSA) is 52.7 Å². The van der Waals surface area contributed by atoms with Crippen LogP contribution in [-0.2, 0) is 22.6 Å². The number of hydrogen-bond donors (Lipinski definition) is 1. The molecule has 1 N–H and O–H groups in total. The maximum atomic E-state index is 13.2. The molecule has 138 valence electrons. The number of benzene rings is 1. The van der Waals surface area contributed by atoms with Crippen molar-refractivity contribution in [2.75, 3.05) is 19.6 Å². The molecule has 1 aromatic carbocycles. The lowest BCUT2D eigenvalue weighted by atomic mass is 9.75. The van der Waals surface area contributed by atoms with Crippen molar-refractivity contribution in [1.29, 1.82) is 0 Å². The molecular formula is C21H27N3O2. The number of carbonyl (C=O) groups is 2. The minimum absolute atomic E-state index is 0.104. The van der Waals surface area contributed by atoms with Crippen LogP contribution in [0.3, 0.4) is 0 Å². The zero-order chi connectivity index (χ0) is 17.7. The summed E-state index contributed by atoms with van der Waals surface area (Å²) in [6.07, 6.45) is 4.80. The molecular weight excluding hydrogens is 326 g/mol. The van der Waals surface area contributed by atoms with Crippen LogP contribution in [0.25, 0.3) is 0 Å². The summed E-state index contributed by atoms with van der Waals surface area (Å²) in [5, 5.41) is 3.45. The first-order chi connectivity index (χ1) is 12.7. The van der Waals surface area contributed by atoms with Crippen LogP contribution in [0, 0.1) is 11.8 Å². The average Bonchev–Trinajstić information content (AvgIpc) is 2.68. The van der Waals surface area contributed by atoms with Crippen molar-refractivity contribution in [1.82, 2.24) is 15.1 Å². The van der Waals surface area contributed by atoms with Crippen molar-refractivity contribution in [2.24, 2.45) is 11.8 Å². The molecule has 2 bridgehead atoms. The number of nitrogens with zero attached hydrogens (tertiary/aromatic N) is 2. The van der Waals surface area contributed by atoms with Gasteiger partial charge in [-0.15, -0.1) is 0 Å². The lowest BCUT2D eigenvalue weighted by Crippen LogP contribution is -2.63. The van der Waals surface area contributed by atoms with Crippen LogP contribution in [0.15, 0.2) is 24.3 Å². The zero-order valence-electron chi connectivity index (χ0n) is 15.2. The molecule has 4 heterocycles. The predicted molar refractivity (Wildman–Crippen MR) is 98.3 cm³/mol. The molecule has 0 aliphatic carbocycles. The molecule has 0 spiro atoms. The molecule has 2 amide bonds. The normalized spacial score (nSPS) is 33.5. The van der Waals surface area contributed by atoms with E-state index in [0.717, 1.165) is 45.4 Å². The van der Waals surface area contributed by atoms with E-state index < -0.39 is 0 Å². The fourth-order valence-electron chi connectivity index (χ4n) is 5.64. The van der Waals surface area contributed by atoms with E-state index >= 15 is 0 Å². The lowest BCUT2D eigenvalue weighted by Gasteiger charge is -2.52. The Bertz CT molecular complexity index is 734. The molecule has 0 unspecified atom stereocenters. The molecule has 5 rings (SSSR count). The summed E-state index contributed by atoms with van der Waals surface area (Å²) < 4.78 is 0. The van der Waals surface area contributed by atoms with Gasteiger partial charge in [-0.25, -0.2) is 0 Å². The molecule has 4 aliphatic rings. The van der Waals surface area contributed by atoms with Crippen molar-refractivity contribution < 1.29 is 9.59 Å². The van der Waals surface area contributed by atoms with Crippen molar-refractivity contribution in [3.63, 3.8) is 0 Å². The van der Waals surface area contributed by atoms with E-state index in [1.165, 1.54) is 17.5 Å². The fraction of sp³-hybridized carbons (Fsp3) is 0.619. The molecule has 5 heteroatoms. The molecule has 4 aliphatic heterocycles. The van der Waals surface area contributed by atoms with E-state index in [1.54, 1.807) is 0 Å². The number of hydrogen-bond acceptors (Lipinski definition) is 3. The van der Waals surface area contributed by atoms with Crippen LogP contribution >= 0.6 is 0 Å². The van der Waals surface area contributed by atoms with Gasteiger partial charge in [-0.3, -0.25) is 9.59 Å². The molecule has 3 fully saturated rings. The van der Waals surface area contributed by atoms with Crippen LogP contribution in [0.4, 0.5) is 0 Å². The molecule has 0 saturated carbocycles. The van der Waals surface area contributed by atoms with Crippen LogP contribution in [0.5, 0.6) is 0 Å². The Morgan fingerprint density at radius 2 is 1.96 bits per heavy atom. The second-order valence-corrected chi connectivity index (χ2v) is 8.52. The Morgan fingerprint density at radius 3 is 2.85 bits per heavy atom. The second-order valence-electron chi connectivity index (χ2n) is 8.52. The van der Waals surface area contributed by atoms with Gasteiger partial charge < -0.3 is 15.1 Å². The number of amides is 2. The van der Waals surface area contributed by atoms with Gasteiger partial charge in [-0.1, -0.05) is 24.3 Å². The Morgan fingerprint density at radius 1 is 1.12 bits per heavy atom. The van der Waals surface area contributed by atoms with Gasteiger partial charge in [0.05, 0.1) is 6.04 Å². The Balaban J connectivity index is 1.30. The van der Waals surface area contributed by atoms with E-state index in [-0.39, 0.29) is 11.9 Å². The van der Waals surface area contributed by atoms with E-state index in [2.05, 4.69) is 39.4 Å². The van der Waals surface area contributed by atoms with Crippen molar-refractivity contribution in [3.05, 3.63) is 35.4 Å². The van der Waals surface area contributed by atoms with E-state index in [1.807, 2.05) is 0 Å². The second kappa shape index (κ2) is 6.38. The first-order valence-corrected chi connectivity index (χ1v) is 10.1. The van der Waals surface area contributed by atoms with E-state index in [9.17, 15) is 9.59 Å². The summed E-state index contributed by atoms with van der Waals surface area (Å²) in [6.45, 7) is 3.26. The summed E-state index contributed by atoms with van der Waals surface area (Å²) in [7, 11) is 0. The number of carbonyl (C=O) groups excluding carboxylic acids is 2. The summed E-state index contributed by atoms with van der Waals surface area (Å²) in [5.41, 5.74) is 2.61. The number of nitrogens with one attached hydrogen (secondary N) is 1. The summed E-state index contributed by atoms with van der Waals surface area (Å²) in [4.78, 5) is 29.7.